The molecule has 0 rings (SSSR count). The molecule has 0 unspecified atom stereocenters. The molecule has 0 aliphatic heterocycles. The fourth-order valence-electron chi connectivity index (χ4n) is 0.602. The highest BCUT2D eigenvalue weighted by Crippen LogP contribution is 2.07. The Hall–Kier alpha value is -0.710. The fourth-order valence-corrected chi connectivity index (χ4v) is 1.19. The number of amides is 1. The molecule has 0 heterocycles. The molecule has 0 aliphatic rings. The molecule has 0 aromatic heterocycles. The topological polar surface area (TPSA) is 66.4 Å². The number of thioether (sulfide) groups is 1. The van der Waals surface area contributed by atoms with E-state index in [4.69, 9.17) is 5.11 Å². The van der Waals surface area contributed by atoms with Crippen LogP contribution in [0.1, 0.15) is 20.3 Å². The van der Waals surface area contributed by atoms with Crippen molar-refractivity contribution in [3.8, 4) is 0 Å². The number of carbonyl (C=O) groups is 2. The molecule has 0 aromatic rings. The van der Waals surface area contributed by atoms with Gasteiger partial charge in [0.15, 0.2) is 0 Å². The van der Waals surface area contributed by atoms with Gasteiger partial charge in [0.05, 0.1) is 12.2 Å². The van der Waals surface area contributed by atoms with Crippen molar-refractivity contribution in [1.82, 2.24) is 5.32 Å². The van der Waals surface area contributed by atoms with Crippen LogP contribution in [0.5, 0.6) is 0 Å². The van der Waals surface area contributed by atoms with E-state index in [0.717, 1.165) is 0 Å². The van der Waals surface area contributed by atoms with Crippen LogP contribution in [0.15, 0.2) is 0 Å². The Morgan fingerprint density at radius 1 is 1.46 bits per heavy atom. The number of carboxylic acids is 1. The lowest BCUT2D eigenvalue weighted by Crippen LogP contribution is -2.27. The maximum Gasteiger partial charge on any atom is 0.305 e. The van der Waals surface area contributed by atoms with Crippen LogP contribution in [-0.4, -0.2) is 34.5 Å². The standard InChI is InChI=1S/C8H15NO3S/c1-6(2)13-5-7(10)9-4-3-8(11)12/h6H,3-5H2,1-2H3,(H,9,10)(H,11,12). The van der Waals surface area contributed by atoms with Crippen LogP contribution in [0, 0.1) is 0 Å². The van der Waals surface area contributed by atoms with Crippen molar-refractivity contribution < 1.29 is 14.7 Å². The van der Waals surface area contributed by atoms with Crippen LogP contribution in [-0.2, 0) is 9.59 Å². The molecule has 0 spiro atoms. The maximum atomic E-state index is 11.0. The minimum Gasteiger partial charge on any atom is -0.481 e. The van der Waals surface area contributed by atoms with Crippen LogP contribution in [0.3, 0.4) is 0 Å². The van der Waals surface area contributed by atoms with Gasteiger partial charge in [-0.25, -0.2) is 0 Å². The fraction of sp³-hybridized carbons (Fsp3) is 0.750. The van der Waals surface area contributed by atoms with Crippen LogP contribution < -0.4 is 5.32 Å². The summed E-state index contributed by atoms with van der Waals surface area (Å²) in [5.74, 6) is -0.589. The SMILES string of the molecule is CC(C)SCC(=O)NCCC(=O)O. The summed E-state index contributed by atoms with van der Waals surface area (Å²) in [4.78, 5) is 21.1. The van der Waals surface area contributed by atoms with Gasteiger partial charge in [-0.3, -0.25) is 9.59 Å². The summed E-state index contributed by atoms with van der Waals surface area (Å²) in [6.07, 6.45) is -0.0158. The molecule has 0 fully saturated rings. The van der Waals surface area contributed by atoms with E-state index in [2.05, 4.69) is 5.32 Å². The van der Waals surface area contributed by atoms with Crippen LogP contribution >= 0.6 is 11.8 Å². The number of carbonyl (C=O) groups excluding carboxylic acids is 1. The molecule has 0 bridgehead atoms. The summed E-state index contributed by atoms with van der Waals surface area (Å²) < 4.78 is 0. The second kappa shape index (κ2) is 6.77. The third-order valence-electron chi connectivity index (χ3n) is 1.21. The first-order valence-corrected chi connectivity index (χ1v) is 5.17. The lowest BCUT2D eigenvalue weighted by atomic mass is 10.4. The molecule has 4 nitrogen and oxygen atoms in total. The van der Waals surface area contributed by atoms with E-state index in [0.29, 0.717) is 11.0 Å². The molecule has 0 radical (unpaired) electrons. The van der Waals surface area contributed by atoms with Gasteiger partial charge in [-0.05, 0) is 5.25 Å². The third kappa shape index (κ3) is 9.20. The van der Waals surface area contributed by atoms with Crippen molar-refractivity contribution in [3.05, 3.63) is 0 Å². The third-order valence-corrected chi connectivity index (χ3v) is 2.30. The van der Waals surface area contributed by atoms with Crippen LogP contribution in [0.4, 0.5) is 0 Å². The van der Waals surface area contributed by atoms with Gasteiger partial charge in [0.25, 0.3) is 0 Å². The van der Waals surface area contributed by atoms with Crippen LogP contribution in [0.25, 0.3) is 0 Å². The lowest BCUT2D eigenvalue weighted by molar-refractivity contribution is -0.136. The Bertz CT molecular complexity index is 182. The Morgan fingerprint density at radius 3 is 2.54 bits per heavy atom. The lowest BCUT2D eigenvalue weighted by Gasteiger charge is -2.05. The van der Waals surface area contributed by atoms with Gasteiger partial charge in [-0.2, -0.15) is 0 Å². The number of aliphatic carboxylic acids is 1. The molecule has 0 atom stereocenters. The Kier molecular flexibility index (Phi) is 6.40. The summed E-state index contributed by atoms with van der Waals surface area (Å²) in [6.45, 7) is 4.23. The first-order valence-electron chi connectivity index (χ1n) is 4.12. The minimum absolute atomic E-state index is 0.0158. The van der Waals surface area contributed by atoms with E-state index in [1.807, 2.05) is 13.8 Å². The van der Waals surface area contributed by atoms with Gasteiger partial charge < -0.3 is 10.4 Å². The molecule has 1 amide bonds. The van der Waals surface area contributed by atoms with E-state index < -0.39 is 5.97 Å². The zero-order valence-electron chi connectivity index (χ0n) is 7.87. The number of hydrogen-bond donors (Lipinski definition) is 2. The largest absolute Gasteiger partial charge is 0.481 e. The van der Waals surface area contributed by atoms with Crippen LogP contribution in [0.2, 0.25) is 0 Å². The van der Waals surface area contributed by atoms with Crippen molar-refractivity contribution in [1.29, 1.82) is 0 Å². The monoisotopic (exact) mass is 205 g/mol. The number of carboxylic acid groups (broad SMARTS) is 1. The number of nitrogens with one attached hydrogen (secondary N) is 1. The zero-order chi connectivity index (χ0) is 10.3. The molecule has 0 saturated carbocycles. The summed E-state index contributed by atoms with van der Waals surface area (Å²) in [5, 5.41) is 11.2. The van der Waals surface area contributed by atoms with E-state index >= 15 is 0 Å². The Morgan fingerprint density at radius 2 is 2.08 bits per heavy atom. The molecule has 76 valence electrons. The molecular weight excluding hydrogens is 190 g/mol. The molecular formula is C8H15NO3S. The quantitative estimate of drug-likeness (QED) is 0.670. The highest BCUT2D eigenvalue weighted by molar-refractivity contribution is 8.00. The van der Waals surface area contributed by atoms with Crippen molar-refractivity contribution >= 4 is 23.6 Å². The average molecular weight is 205 g/mol. The molecule has 5 heteroatoms. The average Bonchev–Trinajstić information content (AvgIpc) is 2.00. The van der Waals surface area contributed by atoms with Gasteiger partial charge in [0, 0.05) is 6.54 Å². The van der Waals surface area contributed by atoms with E-state index in [1.165, 1.54) is 11.8 Å². The predicted molar refractivity (Wildman–Crippen MR) is 52.9 cm³/mol. The number of hydrogen-bond acceptors (Lipinski definition) is 3. The smallest absolute Gasteiger partial charge is 0.305 e. The van der Waals surface area contributed by atoms with Crippen molar-refractivity contribution in [3.63, 3.8) is 0 Å². The van der Waals surface area contributed by atoms with E-state index in [9.17, 15) is 9.59 Å². The summed E-state index contributed by atoms with van der Waals surface area (Å²) in [7, 11) is 0. The molecule has 0 aliphatic carbocycles. The van der Waals surface area contributed by atoms with E-state index in [1.54, 1.807) is 0 Å². The molecule has 0 aromatic carbocycles. The highest BCUT2D eigenvalue weighted by Gasteiger charge is 2.03. The molecule has 2 N–H and O–H groups in total. The number of rotatable bonds is 6. The second-order valence-corrected chi connectivity index (χ2v) is 4.42. The normalized spacial score (nSPS) is 10.1. The van der Waals surface area contributed by atoms with E-state index in [-0.39, 0.29) is 18.9 Å². The Balaban J connectivity index is 3.35. The minimum atomic E-state index is -0.892. The second-order valence-electron chi connectivity index (χ2n) is 2.85. The highest BCUT2D eigenvalue weighted by atomic mass is 32.2. The van der Waals surface area contributed by atoms with Crippen molar-refractivity contribution in [2.24, 2.45) is 0 Å². The molecule has 13 heavy (non-hydrogen) atoms. The van der Waals surface area contributed by atoms with Crippen molar-refractivity contribution in [2.45, 2.75) is 25.5 Å². The van der Waals surface area contributed by atoms with Gasteiger partial charge in [0.2, 0.25) is 5.91 Å². The Labute approximate surface area is 82.1 Å². The van der Waals surface area contributed by atoms with Gasteiger partial charge in [-0.15, -0.1) is 11.8 Å². The summed E-state index contributed by atoms with van der Waals surface area (Å²) >= 11 is 1.54. The zero-order valence-corrected chi connectivity index (χ0v) is 8.69. The first kappa shape index (κ1) is 12.3. The van der Waals surface area contributed by atoms with Gasteiger partial charge in [-0.1, -0.05) is 13.8 Å². The first-order chi connectivity index (χ1) is 6.02. The molecule has 0 saturated heterocycles. The predicted octanol–water partition coefficient (Wildman–Crippen LogP) is 0.719. The summed E-state index contributed by atoms with van der Waals surface area (Å²) in [6, 6.07) is 0. The van der Waals surface area contributed by atoms with Crippen molar-refractivity contribution in [2.75, 3.05) is 12.3 Å². The summed E-state index contributed by atoms with van der Waals surface area (Å²) in [5.41, 5.74) is 0. The van der Waals surface area contributed by atoms with Gasteiger partial charge >= 0.3 is 5.97 Å². The maximum absolute atomic E-state index is 11.0. The van der Waals surface area contributed by atoms with Gasteiger partial charge in [0.1, 0.15) is 0 Å².